The summed E-state index contributed by atoms with van der Waals surface area (Å²) < 4.78 is 0. The minimum absolute atomic E-state index is 0.0811. The van der Waals surface area contributed by atoms with Crippen molar-refractivity contribution < 1.29 is 4.79 Å². The molecule has 1 atom stereocenters. The van der Waals surface area contributed by atoms with E-state index in [4.69, 9.17) is 0 Å². The first-order valence-electron chi connectivity index (χ1n) is 6.70. The van der Waals surface area contributed by atoms with Crippen molar-refractivity contribution in [2.24, 2.45) is 0 Å². The van der Waals surface area contributed by atoms with Gasteiger partial charge in [0.25, 0.3) is 0 Å². The number of hydrogen-bond acceptors (Lipinski definition) is 4. The first-order valence-corrected chi connectivity index (χ1v) is 7.58. The summed E-state index contributed by atoms with van der Waals surface area (Å²) in [5, 5.41) is 10.9. The lowest BCUT2D eigenvalue weighted by molar-refractivity contribution is 0.193. The van der Waals surface area contributed by atoms with Crippen molar-refractivity contribution in [1.82, 2.24) is 15.1 Å². The van der Waals surface area contributed by atoms with Gasteiger partial charge < -0.3 is 4.90 Å². The fourth-order valence-corrected chi connectivity index (χ4v) is 2.99. The standard InChI is InChI=1S/C14H16N4OS/c19-14(16-13-17-15-10-20-13)18-8-4-7-12(9-18)11-5-2-1-3-6-11/h1-3,5-6,10,12H,4,7-9H2,(H,16,17,19). The minimum atomic E-state index is -0.0811. The normalized spacial score (nSPS) is 18.8. The van der Waals surface area contributed by atoms with Gasteiger partial charge in [0, 0.05) is 19.0 Å². The molecule has 3 rings (SSSR count). The van der Waals surface area contributed by atoms with Crippen molar-refractivity contribution in [3.8, 4) is 0 Å². The lowest BCUT2D eigenvalue weighted by Crippen LogP contribution is -2.41. The van der Waals surface area contributed by atoms with E-state index in [1.807, 2.05) is 11.0 Å². The third kappa shape index (κ3) is 2.96. The van der Waals surface area contributed by atoms with Gasteiger partial charge in [-0.3, -0.25) is 5.32 Å². The number of benzene rings is 1. The summed E-state index contributed by atoms with van der Waals surface area (Å²) in [5.41, 5.74) is 2.92. The van der Waals surface area contributed by atoms with Crippen LogP contribution in [0, 0.1) is 0 Å². The average Bonchev–Trinajstić information content (AvgIpc) is 3.01. The van der Waals surface area contributed by atoms with Crippen LogP contribution in [0.25, 0.3) is 0 Å². The predicted octanol–water partition coefficient (Wildman–Crippen LogP) is 2.95. The Morgan fingerprint density at radius 2 is 2.20 bits per heavy atom. The number of nitrogens with zero attached hydrogens (tertiary/aromatic N) is 3. The summed E-state index contributed by atoms with van der Waals surface area (Å²) in [5.74, 6) is 0.421. The Kier molecular flexibility index (Phi) is 3.92. The maximum Gasteiger partial charge on any atom is 0.323 e. The molecule has 1 aliphatic heterocycles. The highest BCUT2D eigenvalue weighted by molar-refractivity contribution is 7.13. The maximum absolute atomic E-state index is 12.2. The van der Waals surface area contributed by atoms with Gasteiger partial charge in [-0.1, -0.05) is 41.7 Å². The second-order valence-electron chi connectivity index (χ2n) is 4.87. The zero-order valence-corrected chi connectivity index (χ0v) is 11.8. The average molecular weight is 288 g/mol. The molecule has 1 aromatic heterocycles. The van der Waals surface area contributed by atoms with E-state index in [0.29, 0.717) is 11.0 Å². The molecule has 1 saturated heterocycles. The number of urea groups is 1. The Balaban J connectivity index is 1.64. The van der Waals surface area contributed by atoms with E-state index in [9.17, 15) is 4.79 Å². The first kappa shape index (κ1) is 13.1. The molecule has 20 heavy (non-hydrogen) atoms. The quantitative estimate of drug-likeness (QED) is 0.924. The number of piperidine rings is 1. The van der Waals surface area contributed by atoms with E-state index in [0.717, 1.165) is 25.9 Å². The van der Waals surface area contributed by atoms with Gasteiger partial charge in [0.2, 0.25) is 5.13 Å². The van der Waals surface area contributed by atoms with Crippen molar-refractivity contribution in [3.63, 3.8) is 0 Å². The smallest absolute Gasteiger partial charge is 0.323 e. The summed E-state index contributed by atoms with van der Waals surface area (Å²) in [7, 11) is 0. The zero-order chi connectivity index (χ0) is 13.8. The predicted molar refractivity (Wildman–Crippen MR) is 78.9 cm³/mol. The van der Waals surface area contributed by atoms with Crippen LogP contribution in [-0.2, 0) is 0 Å². The molecule has 2 heterocycles. The highest BCUT2D eigenvalue weighted by atomic mass is 32.1. The van der Waals surface area contributed by atoms with Gasteiger partial charge in [0.1, 0.15) is 5.51 Å². The molecule has 1 N–H and O–H groups in total. The van der Waals surface area contributed by atoms with Crippen LogP contribution in [0.15, 0.2) is 35.8 Å². The molecule has 2 aromatic rings. The summed E-state index contributed by atoms with van der Waals surface area (Å²) in [6.07, 6.45) is 2.16. The summed E-state index contributed by atoms with van der Waals surface area (Å²) >= 11 is 1.33. The molecule has 0 aliphatic carbocycles. The number of aromatic nitrogens is 2. The Bertz CT molecular complexity index is 558. The SMILES string of the molecule is O=C(Nc1nncs1)N1CCCC(c2ccccc2)C1. The van der Waals surface area contributed by atoms with E-state index in [-0.39, 0.29) is 6.03 Å². The van der Waals surface area contributed by atoms with E-state index in [2.05, 4.69) is 39.8 Å². The van der Waals surface area contributed by atoms with Crippen molar-refractivity contribution in [2.75, 3.05) is 18.4 Å². The zero-order valence-electron chi connectivity index (χ0n) is 11.0. The Labute approximate surface area is 121 Å². The van der Waals surface area contributed by atoms with Gasteiger partial charge >= 0.3 is 6.03 Å². The van der Waals surface area contributed by atoms with Crippen molar-refractivity contribution in [1.29, 1.82) is 0 Å². The molecule has 0 spiro atoms. The fourth-order valence-electron chi connectivity index (χ4n) is 2.56. The molecule has 1 fully saturated rings. The number of carbonyl (C=O) groups excluding carboxylic acids is 1. The molecular weight excluding hydrogens is 272 g/mol. The maximum atomic E-state index is 12.2. The Morgan fingerprint density at radius 3 is 2.95 bits per heavy atom. The minimum Gasteiger partial charge on any atom is -0.324 e. The second-order valence-corrected chi connectivity index (χ2v) is 5.70. The Hall–Kier alpha value is -1.95. The van der Waals surface area contributed by atoms with Gasteiger partial charge in [-0.25, -0.2) is 4.79 Å². The third-order valence-electron chi connectivity index (χ3n) is 3.55. The largest absolute Gasteiger partial charge is 0.324 e. The van der Waals surface area contributed by atoms with Gasteiger partial charge in [-0.05, 0) is 18.4 Å². The molecule has 1 aromatic carbocycles. The lowest BCUT2D eigenvalue weighted by atomic mass is 9.91. The number of likely N-dealkylation sites (tertiary alicyclic amines) is 1. The molecule has 0 saturated carbocycles. The molecule has 0 radical (unpaired) electrons. The summed E-state index contributed by atoms with van der Waals surface area (Å²) in [6.45, 7) is 1.56. The first-order chi connectivity index (χ1) is 9.83. The van der Waals surface area contributed by atoms with Crippen molar-refractivity contribution in [3.05, 3.63) is 41.4 Å². The molecule has 0 bridgehead atoms. The van der Waals surface area contributed by atoms with Crippen LogP contribution >= 0.6 is 11.3 Å². The van der Waals surface area contributed by atoms with Gasteiger partial charge in [-0.15, -0.1) is 10.2 Å². The molecule has 6 heteroatoms. The van der Waals surface area contributed by atoms with Crippen molar-refractivity contribution in [2.45, 2.75) is 18.8 Å². The highest BCUT2D eigenvalue weighted by Crippen LogP contribution is 2.27. The van der Waals surface area contributed by atoms with Crippen LogP contribution in [0.4, 0.5) is 9.93 Å². The van der Waals surface area contributed by atoms with Crippen LogP contribution in [0.2, 0.25) is 0 Å². The molecular formula is C14H16N4OS. The van der Waals surface area contributed by atoms with Gasteiger partial charge in [-0.2, -0.15) is 0 Å². The number of anilines is 1. The molecule has 2 amide bonds. The summed E-state index contributed by atoms with van der Waals surface area (Å²) in [4.78, 5) is 14.1. The number of carbonyl (C=O) groups is 1. The van der Waals surface area contributed by atoms with E-state index >= 15 is 0 Å². The monoisotopic (exact) mass is 288 g/mol. The number of rotatable bonds is 2. The molecule has 5 nitrogen and oxygen atoms in total. The number of hydrogen-bond donors (Lipinski definition) is 1. The van der Waals surface area contributed by atoms with Crippen LogP contribution in [-0.4, -0.2) is 34.2 Å². The third-order valence-corrected chi connectivity index (χ3v) is 4.16. The number of nitrogens with one attached hydrogen (secondary N) is 1. The Morgan fingerprint density at radius 1 is 1.35 bits per heavy atom. The summed E-state index contributed by atoms with van der Waals surface area (Å²) in [6, 6.07) is 10.3. The fraction of sp³-hybridized carbons (Fsp3) is 0.357. The topological polar surface area (TPSA) is 58.1 Å². The second kappa shape index (κ2) is 6.00. The van der Waals surface area contributed by atoms with Gasteiger partial charge in [0.05, 0.1) is 0 Å². The van der Waals surface area contributed by atoms with E-state index < -0.39 is 0 Å². The highest BCUT2D eigenvalue weighted by Gasteiger charge is 2.25. The van der Waals surface area contributed by atoms with Gasteiger partial charge in [0.15, 0.2) is 0 Å². The van der Waals surface area contributed by atoms with Crippen LogP contribution in [0.3, 0.4) is 0 Å². The molecule has 104 valence electrons. The van der Waals surface area contributed by atoms with E-state index in [1.54, 1.807) is 5.51 Å². The lowest BCUT2D eigenvalue weighted by Gasteiger charge is -2.32. The molecule has 1 aliphatic rings. The van der Waals surface area contributed by atoms with E-state index in [1.165, 1.54) is 16.9 Å². The number of amides is 2. The molecule has 1 unspecified atom stereocenters. The van der Waals surface area contributed by atoms with Crippen LogP contribution in [0.5, 0.6) is 0 Å². The van der Waals surface area contributed by atoms with Crippen LogP contribution in [0.1, 0.15) is 24.3 Å². The van der Waals surface area contributed by atoms with Crippen LogP contribution < -0.4 is 5.32 Å². The van der Waals surface area contributed by atoms with Crippen molar-refractivity contribution >= 4 is 22.5 Å².